The molecular weight excluding hydrogens is 446 g/mol. The molecule has 2 aromatic carbocycles. The Morgan fingerprint density at radius 2 is 2.06 bits per heavy atom. The van der Waals surface area contributed by atoms with Crippen molar-refractivity contribution < 1.29 is 14.6 Å². The number of carbonyl (C=O) groups excluding carboxylic acids is 1. The third-order valence-electron chi connectivity index (χ3n) is 5.92. The molecule has 0 aliphatic carbocycles. The summed E-state index contributed by atoms with van der Waals surface area (Å²) in [6.07, 6.45) is 2.75. The summed E-state index contributed by atoms with van der Waals surface area (Å²) >= 11 is 1.38. The van der Waals surface area contributed by atoms with Crippen molar-refractivity contribution in [2.24, 2.45) is 0 Å². The Bertz CT molecular complexity index is 1330. The van der Waals surface area contributed by atoms with Gasteiger partial charge in [0.2, 0.25) is 0 Å². The third-order valence-corrected chi connectivity index (χ3v) is 6.95. The summed E-state index contributed by atoms with van der Waals surface area (Å²) in [5.41, 5.74) is 3.30. The molecule has 34 heavy (non-hydrogen) atoms. The lowest BCUT2D eigenvalue weighted by Gasteiger charge is -2.24. The monoisotopic (exact) mass is 473 g/mol. The molecule has 0 fully saturated rings. The topological polar surface area (TPSA) is 98.1 Å². The average molecular weight is 474 g/mol. The Balaban J connectivity index is 1.62. The van der Waals surface area contributed by atoms with Gasteiger partial charge in [-0.1, -0.05) is 32.0 Å². The molecule has 1 amide bonds. The number of aromatic amines is 1. The molecule has 174 valence electrons. The normalized spacial score (nSPS) is 12.8. The average Bonchev–Trinajstić information content (AvgIpc) is 3.53. The highest BCUT2D eigenvalue weighted by Crippen LogP contribution is 2.32. The Hall–Kier alpha value is -3.60. The van der Waals surface area contributed by atoms with Crippen LogP contribution in [0.2, 0.25) is 0 Å². The van der Waals surface area contributed by atoms with Crippen molar-refractivity contribution in [1.82, 2.24) is 10.3 Å². The SMILES string of the molecule is CCCOc1ccc(-c2ccc(C#N)s2)cc1C(=O)N[C@@H](CO)C(C)c1c[nH]c2ccccc12. The molecule has 4 rings (SSSR count). The fraction of sp³-hybridized carbons (Fsp3) is 0.259. The zero-order valence-electron chi connectivity index (χ0n) is 19.2. The minimum atomic E-state index is -0.485. The van der Waals surface area contributed by atoms with Gasteiger partial charge in [0, 0.05) is 27.9 Å². The molecule has 0 radical (unpaired) electrons. The van der Waals surface area contributed by atoms with E-state index in [0.717, 1.165) is 33.3 Å². The molecule has 1 unspecified atom stereocenters. The van der Waals surface area contributed by atoms with Gasteiger partial charge >= 0.3 is 0 Å². The van der Waals surface area contributed by atoms with E-state index < -0.39 is 6.04 Å². The number of nitriles is 1. The number of nitrogens with zero attached hydrogens (tertiary/aromatic N) is 1. The highest BCUT2D eigenvalue weighted by atomic mass is 32.1. The first-order chi connectivity index (χ1) is 16.5. The lowest BCUT2D eigenvalue weighted by Crippen LogP contribution is -2.41. The highest BCUT2D eigenvalue weighted by molar-refractivity contribution is 7.16. The fourth-order valence-corrected chi connectivity index (χ4v) is 4.81. The smallest absolute Gasteiger partial charge is 0.255 e. The Morgan fingerprint density at radius 3 is 2.79 bits per heavy atom. The summed E-state index contributed by atoms with van der Waals surface area (Å²) in [6, 6.07) is 18.8. The second kappa shape index (κ2) is 10.6. The van der Waals surface area contributed by atoms with Crippen LogP contribution in [0.4, 0.5) is 0 Å². The summed E-state index contributed by atoms with van der Waals surface area (Å²) in [6.45, 7) is 4.30. The first-order valence-corrected chi connectivity index (χ1v) is 12.1. The lowest BCUT2D eigenvalue weighted by molar-refractivity contribution is 0.0903. The largest absolute Gasteiger partial charge is 0.493 e. The number of amides is 1. The number of carbonyl (C=O) groups is 1. The summed E-state index contributed by atoms with van der Waals surface area (Å²) in [5.74, 6) is 0.0659. The third kappa shape index (κ3) is 4.84. The summed E-state index contributed by atoms with van der Waals surface area (Å²) in [7, 11) is 0. The Morgan fingerprint density at radius 1 is 1.24 bits per heavy atom. The van der Waals surface area contributed by atoms with E-state index in [9.17, 15) is 9.90 Å². The molecule has 4 aromatic rings. The molecule has 0 spiro atoms. The van der Waals surface area contributed by atoms with Gasteiger partial charge in [0.1, 0.15) is 16.7 Å². The van der Waals surface area contributed by atoms with E-state index in [1.54, 1.807) is 18.2 Å². The predicted octanol–water partition coefficient (Wildman–Crippen LogP) is 5.45. The number of ether oxygens (including phenoxy) is 1. The molecule has 0 bridgehead atoms. The molecule has 2 heterocycles. The predicted molar refractivity (Wildman–Crippen MR) is 135 cm³/mol. The number of aliphatic hydroxyl groups is 1. The van der Waals surface area contributed by atoms with Crippen molar-refractivity contribution in [3.05, 3.63) is 76.8 Å². The number of fused-ring (bicyclic) bond motifs is 1. The maximum Gasteiger partial charge on any atom is 0.255 e. The van der Waals surface area contributed by atoms with E-state index >= 15 is 0 Å². The van der Waals surface area contributed by atoms with Crippen LogP contribution in [0.5, 0.6) is 5.75 Å². The summed E-state index contributed by atoms with van der Waals surface area (Å²) in [5, 5.41) is 23.4. The Labute approximate surface area is 202 Å². The quantitative estimate of drug-likeness (QED) is 0.301. The zero-order valence-corrected chi connectivity index (χ0v) is 20.0. The van der Waals surface area contributed by atoms with Crippen molar-refractivity contribution in [1.29, 1.82) is 5.26 Å². The van der Waals surface area contributed by atoms with Crippen LogP contribution in [0.25, 0.3) is 21.3 Å². The molecule has 2 aromatic heterocycles. The minimum Gasteiger partial charge on any atom is -0.493 e. The number of para-hydroxylation sites is 1. The van der Waals surface area contributed by atoms with E-state index in [0.29, 0.717) is 22.8 Å². The molecule has 0 aliphatic heterocycles. The van der Waals surface area contributed by atoms with Gasteiger partial charge in [0.25, 0.3) is 5.91 Å². The maximum atomic E-state index is 13.4. The number of aromatic nitrogens is 1. The van der Waals surface area contributed by atoms with Crippen LogP contribution >= 0.6 is 11.3 Å². The van der Waals surface area contributed by atoms with Gasteiger partial charge in [0.15, 0.2) is 0 Å². The van der Waals surface area contributed by atoms with Gasteiger partial charge in [-0.15, -0.1) is 11.3 Å². The van der Waals surface area contributed by atoms with Crippen LogP contribution in [0, 0.1) is 11.3 Å². The number of H-pyrrole nitrogens is 1. The first-order valence-electron chi connectivity index (χ1n) is 11.3. The second-order valence-electron chi connectivity index (χ2n) is 8.18. The maximum absolute atomic E-state index is 13.4. The molecule has 0 saturated heterocycles. The minimum absolute atomic E-state index is 0.122. The van der Waals surface area contributed by atoms with Gasteiger partial charge in [-0.3, -0.25) is 4.79 Å². The van der Waals surface area contributed by atoms with Crippen molar-refractivity contribution in [3.63, 3.8) is 0 Å². The molecular formula is C27H27N3O3S. The number of rotatable bonds is 9. The number of nitrogens with one attached hydrogen (secondary N) is 2. The van der Waals surface area contributed by atoms with Gasteiger partial charge in [0.05, 0.1) is 24.8 Å². The van der Waals surface area contributed by atoms with Gasteiger partial charge in [-0.05, 0) is 53.9 Å². The van der Waals surface area contributed by atoms with Crippen molar-refractivity contribution >= 4 is 28.1 Å². The van der Waals surface area contributed by atoms with E-state index in [2.05, 4.69) is 16.4 Å². The summed E-state index contributed by atoms with van der Waals surface area (Å²) < 4.78 is 5.85. The number of hydrogen-bond donors (Lipinski definition) is 3. The molecule has 7 heteroatoms. The van der Waals surface area contributed by atoms with Crippen LogP contribution < -0.4 is 10.1 Å². The van der Waals surface area contributed by atoms with Crippen LogP contribution in [0.3, 0.4) is 0 Å². The number of aliphatic hydroxyl groups excluding tert-OH is 1. The van der Waals surface area contributed by atoms with Gasteiger partial charge < -0.3 is 20.1 Å². The number of thiophene rings is 1. The highest BCUT2D eigenvalue weighted by Gasteiger charge is 2.25. The number of benzene rings is 2. The van der Waals surface area contributed by atoms with E-state index in [-0.39, 0.29) is 18.4 Å². The van der Waals surface area contributed by atoms with Crippen molar-refractivity contribution in [2.45, 2.75) is 32.2 Å². The Kier molecular flexibility index (Phi) is 7.31. The fourth-order valence-electron chi connectivity index (χ4n) is 4.01. The first kappa shape index (κ1) is 23.6. The van der Waals surface area contributed by atoms with Crippen molar-refractivity contribution in [3.8, 4) is 22.3 Å². The molecule has 0 saturated carbocycles. The summed E-state index contributed by atoms with van der Waals surface area (Å²) in [4.78, 5) is 18.2. The van der Waals surface area contributed by atoms with Crippen LogP contribution in [0.1, 0.15) is 47.0 Å². The van der Waals surface area contributed by atoms with Gasteiger partial charge in [-0.2, -0.15) is 5.26 Å². The standard InChI is InChI=1S/C27H27N3O3S/c1-3-12-33-25-10-8-18(26-11-9-19(14-28)34-26)13-21(25)27(32)30-24(16-31)17(2)22-15-29-23-7-5-4-6-20(22)23/h4-11,13,15,17,24,29,31H,3,12,16H2,1-2H3,(H,30,32)/t17?,24-/m0/s1. The van der Waals surface area contributed by atoms with Crippen LogP contribution in [-0.2, 0) is 0 Å². The van der Waals surface area contributed by atoms with Gasteiger partial charge in [-0.25, -0.2) is 0 Å². The molecule has 3 N–H and O–H groups in total. The molecule has 6 nitrogen and oxygen atoms in total. The van der Waals surface area contributed by atoms with E-state index in [1.807, 2.05) is 56.4 Å². The van der Waals surface area contributed by atoms with E-state index in [4.69, 9.17) is 10.00 Å². The number of hydrogen-bond acceptors (Lipinski definition) is 5. The second-order valence-corrected chi connectivity index (χ2v) is 9.26. The van der Waals surface area contributed by atoms with Crippen LogP contribution in [-0.4, -0.2) is 35.3 Å². The van der Waals surface area contributed by atoms with E-state index in [1.165, 1.54) is 11.3 Å². The van der Waals surface area contributed by atoms with Crippen molar-refractivity contribution in [2.75, 3.05) is 13.2 Å². The zero-order chi connectivity index (χ0) is 24.1. The van der Waals surface area contributed by atoms with Crippen LogP contribution in [0.15, 0.2) is 60.8 Å². The lowest BCUT2D eigenvalue weighted by atomic mass is 9.93. The molecule has 0 aliphatic rings. The molecule has 2 atom stereocenters.